The Morgan fingerprint density at radius 1 is 1.29 bits per heavy atom. The van der Waals surface area contributed by atoms with E-state index in [-0.39, 0.29) is 0 Å². The number of hydrogen-bond acceptors (Lipinski definition) is 5. The lowest BCUT2D eigenvalue weighted by Gasteiger charge is -2.10. The molecule has 0 aliphatic heterocycles. The molecule has 0 saturated carbocycles. The molecule has 0 aliphatic rings. The minimum absolute atomic E-state index is 0.769. The Morgan fingerprint density at radius 2 is 2.19 bits per heavy atom. The number of fused-ring (bicyclic) bond motifs is 1. The molecule has 0 spiro atoms. The standard InChI is InChI=1S/C15H19N5S/c1-3-6-16-13-10-20-8-7-17-15(20)14(19-13)18-9-12-5-4-11(2)21-12/h4-5,7-8,10,16H,3,6,9H2,1-2H3,(H,18,19). The van der Waals surface area contributed by atoms with Crippen molar-refractivity contribution in [2.24, 2.45) is 0 Å². The molecule has 0 radical (unpaired) electrons. The summed E-state index contributed by atoms with van der Waals surface area (Å²) in [5.41, 5.74) is 0.852. The number of rotatable bonds is 6. The molecule has 21 heavy (non-hydrogen) atoms. The Labute approximate surface area is 128 Å². The minimum atomic E-state index is 0.769. The lowest BCUT2D eigenvalue weighted by molar-refractivity contribution is 0.960. The predicted octanol–water partition coefficient (Wildman–Crippen LogP) is 3.53. The Bertz CT molecular complexity index is 731. The molecule has 0 aromatic carbocycles. The van der Waals surface area contributed by atoms with Crippen LogP contribution in [0.4, 0.5) is 11.6 Å². The van der Waals surface area contributed by atoms with Crippen molar-refractivity contribution in [1.82, 2.24) is 14.4 Å². The molecule has 5 nitrogen and oxygen atoms in total. The van der Waals surface area contributed by atoms with E-state index in [4.69, 9.17) is 0 Å². The number of nitrogens with zero attached hydrogens (tertiary/aromatic N) is 3. The third-order valence-electron chi connectivity index (χ3n) is 3.16. The van der Waals surface area contributed by atoms with Crippen molar-refractivity contribution in [3.8, 4) is 0 Å². The third kappa shape index (κ3) is 3.16. The maximum absolute atomic E-state index is 4.63. The molecule has 0 atom stereocenters. The fourth-order valence-electron chi connectivity index (χ4n) is 2.14. The highest BCUT2D eigenvalue weighted by Gasteiger charge is 2.07. The summed E-state index contributed by atoms with van der Waals surface area (Å²) in [5, 5.41) is 6.72. The van der Waals surface area contributed by atoms with Gasteiger partial charge in [-0.25, -0.2) is 9.97 Å². The minimum Gasteiger partial charge on any atom is -0.369 e. The first kappa shape index (κ1) is 13.9. The highest BCUT2D eigenvalue weighted by atomic mass is 32.1. The zero-order valence-electron chi connectivity index (χ0n) is 12.3. The molecule has 3 aromatic rings. The number of aryl methyl sites for hydroxylation is 1. The molecule has 3 heterocycles. The zero-order chi connectivity index (χ0) is 14.7. The highest BCUT2D eigenvalue weighted by Crippen LogP contribution is 2.20. The van der Waals surface area contributed by atoms with Gasteiger partial charge in [0.15, 0.2) is 11.5 Å². The van der Waals surface area contributed by atoms with E-state index in [0.29, 0.717) is 0 Å². The van der Waals surface area contributed by atoms with Crippen molar-refractivity contribution in [1.29, 1.82) is 0 Å². The van der Waals surface area contributed by atoms with Gasteiger partial charge in [0.2, 0.25) is 0 Å². The van der Waals surface area contributed by atoms with E-state index in [2.05, 4.69) is 46.6 Å². The normalized spacial score (nSPS) is 11.0. The number of nitrogens with one attached hydrogen (secondary N) is 2. The molecular formula is C15H19N5S. The first-order valence-electron chi connectivity index (χ1n) is 7.13. The van der Waals surface area contributed by atoms with Crippen molar-refractivity contribution >= 4 is 28.6 Å². The summed E-state index contributed by atoms with van der Waals surface area (Å²) < 4.78 is 1.99. The maximum atomic E-state index is 4.63. The average Bonchev–Trinajstić information content (AvgIpc) is 3.11. The van der Waals surface area contributed by atoms with Crippen molar-refractivity contribution in [2.75, 3.05) is 17.2 Å². The van der Waals surface area contributed by atoms with Gasteiger partial charge >= 0.3 is 0 Å². The van der Waals surface area contributed by atoms with Gasteiger partial charge in [-0.15, -0.1) is 11.3 Å². The van der Waals surface area contributed by atoms with E-state index >= 15 is 0 Å². The van der Waals surface area contributed by atoms with Gasteiger partial charge in [-0.2, -0.15) is 0 Å². The molecule has 0 unspecified atom stereocenters. The SMILES string of the molecule is CCCNc1cn2ccnc2c(NCc2ccc(C)s2)n1. The van der Waals surface area contributed by atoms with E-state index in [9.17, 15) is 0 Å². The van der Waals surface area contributed by atoms with Gasteiger partial charge in [-0.05, 0) is 25.5 Å². The fourth-order valence-corrected chi connectivity index (χ4v) is 2.97. The van der Waals surface area contributed by atoms with E-state index in [1.54, 1.807) is 17.5 Å². The van der Waals surface area contributed by atoms with Crippen LogP contribution in [0.25, 0.3) is 5.65 Å². The van der Waals surface area contributed by atoms with E-state index < -0.39 is 0 Å². The Balaban J connectivity index is 1.83. The second kappa shape index (κ2) is 6.13. The molecule has 0 aliphatic carbocycles. The van der Waals surface area contributed by atoms with Crippen LogP contribution in [-0.2, 0) is 6.54 Å². The number of imidazole rings is 1. The third-order valence-corrected chi connectivity index (χ3v) is 4.16. The second-order valence-electron chi connectivity index (χ2n) is 4.93. The summed E-state index contributed by atoms with van der Waals surface area (Å²) in [6.07, 6.45) is 6.77. The van der Waals surface area contributed by atoms with Crippen LogP contribution in [0.5, 0.6) is 0 Å². The lowest BCUT2D eigenvalue weighted by Crippen LogP contribution is -2.08. The fraction of sp³-hybridized carbons (Fsp3) is 0.333. The lowest BCUT2D eigenvalue weighted by atomic mass is 10.4. The van der Waals surface area contributed by atoms with Crippen molar-refractivity contribution < 1.29 is 0 Å². The Hall–Kier alpha value is -2.08. The van der Waals surface area contributed by atoms with Gasteiger partial charge in [0.1, 0.15) is 5.82 Å². The molecule has 3 rings (SSSR count). The first-order chi connectivity index (χ1) is 10.3. The topological polar surface area (TPSA) is 54.2 Å². The molecule has 110 valence electrons. The van der Waals surface area contributed by atoms with Crippen molar-refractivity contribution in [2.45, 2.75) is 26.8 Å². The largest absolute Gasteiger partial charge is 0.369 e. The Morgan fingerprint density at radius 3 is 2.95 bits per heavy atom. The molecule has 6 heteroatoms. The van der Waals surface area contributed by atoms with E-state index in [1.807, 2.05) is 16.8 Å². The van der Waals surface area contributed by atoms with Gasteiger partial charge in [-0.1, -0.05) is 6.92 Å². The van der Waals surface area contributed by atoms with E-state index in [1.165, 1.54) is 9.75 Å². The van der Waals surface area contributed by atoms with Crippen LogP contribution in [0, 0.1) is 6.92 Å². The first-order valence-corrected chi connectivity index (χ1v) is 7.94. The van der Waals surface area contributed by atoms with Gasteiger partial charge in [0.05, 0.1) is 12.7 Å². The van der Waals surface area contributed by atoms with Crippen molar-refractivity contribution in [3.63, 3.8) is 0 Å². The summed E-state index contributed by atoms with van der Waals surface area (Å²) in [4.78, 5) is 11.6. The summed E-state index contributed by atoms with van der Waals surface area (Å²) in [5.74, 6) is 1.68. The number of thiophene rings is 1. The summed E-state index contributed by atoms with van der Waals surface area (Å²) in [6.45, 7) is 5.94. The Kier molecular flexibility index (Phi) is 4.06. The summed E-state index contributed by atoms with van der Waals surface area (Å²) in [6, 6.07) is 4.29. The smallest absolute Gasteiger partial charge is 0.180 e. The van der Waals surface area contributed by atoms with Crippen LogP contribution >= 0.6 is 11.3 Å². The predicted molar refractivity (Wildman–Crippen MR) is 88.2 cm³/mol. The van der Waals surface area contributed by atoms with Crippen LogP contribution in [-0.4, -0.2) is 20.9 Å². The number of anilines is 2. The average molecular weight is 301 g/mol. The van der Waals surface area contributed by atoms with E-state index in [0.717, 1.165) is 36.8 Å². The highest BCUT2D eigenvalue weighted by molar-refractivity contribution is 7.11. The number of aromatic nitrogens is 3. The maximum Gasteiger partial charge on any atom is 0.180 e. The molecule has 2 N–H and O–H groups in total. The van der Waals surface area contributed by atoms with Crippen molar-refractivity contribution in [3.05, 3.63) is 40.5 Å². The van der Waals surface area contributed by atoms with Crippen LogP contribution in [0.1, 0.15) is 23.1 Å². The second-order valence-corrected chi connectivity index (χ2v) is 6.30. The van der Waals surface area contributed by atoms with Crippen LogP contribution in [0.3, 0.4) is 0 Å². The monoisotopic (exact) mass is 301 g/mol. The molecule has 3 aromatic heterocycles. The molecule has 0 saturated heterocycles. The summed E-state index contributed by atoms with van der Waals surface area (Å²) in [7, 11) is 0. The number of hydrogen-bond donors (Lipinski definition) is 2. The summed E-state index contributed by atoms with van der Waals surface area (Å²) >= 11 is 1.80. The molecular weight excluding hydrogens is 282 g/mol. The van der Waals surface area contributed by atoms with Gasteiger partial charge in [-0.3, -0.25) is 0 Å². The molecule has 0 fully saturated rings. The van der Waals surface area contributed by atoms with Gasteiger partial charge in [0, 0.05) is 28.7 Å². The van der Waals surface area contributed by atoms with Crippen LogP contribution in [0.15, 0.2) is 30.7 Å². The quantitative estimate of drug-likeness (QED) is 0.731. The molecule has 0 amide bonds. The van der Waals surface area contributed by atoms with Gasteiger partial charge in [0.25, 0.3) is 0 Å². The molecule has 0 bridgehead atoms. The van der Waals surface area contributed by atoms with Crippen LogP contribution in [0.2, 0.25) is 0 Å². The zero-order valence-corrected chi connectivity index (χ0v) is 13.1. The van der Waals surface area contributed by atoms with Crippen LogP contribution < -0.4 is 10.6 Å². The van der Waals surface area contributed by atoms with Gasteiger partial charge < -0.3 is 15.0 Å².